The highest BCUT2D eigenvalue weighted by Crippen LogP contribution is 1.66. The number of rotatable bonds is 3. The van der Waals surface area contributed by atoms with Crippen LogP contribution in [0, 0.1) is 0 Å². The lowest BCUT2D eigenvalue weighted by molar-refractivity contribution is 0.407. The standard InChI is InChI=1S/C5H14N2.H2/c1-6-4-5-7(2)3;/h6H,4-5H2,1-3H3;1H. The summed E-state index contributed by atoms with van der Waals surface area (Å²) in [6.07, 6.45) is 0. The molecule has 0 aromatic carbocycles. The largest absolute Gasteiger partial charge is 0.318 e. The van der Waals surface area contributed by atoms with Crippen LogP contribution < -0.4 is 5.32 Å². The lowest BCUT2D eigenvalue weighted by atomic mass is 10.6. The quantitative estimate of drug-likeness (QED) is 0.542. The minimum Gasteiger partial charge on any atom is -0.318 e. The Morgan fingerprint density at radius 2 is 2.14 bits per heavy atom. The van der Waals surface area contributed by atoms with E-state index in [1.54, 1.807) is 0 Å². The monoisotopic (exact) mass is 104 g/mol. The zero-order chi connectivity index (χ0) is 5.70. The fourth-order valence-electron chi connectivity index (χ4n) is 0.335. The Morgan fingerprint density at radius 1 is 1.57 bits per heavy atom. The maximum Gasteiger partial charge on any atom is 0.0101 e. The van der Waals surface area contributed by atoms with Crippen molar-refractivity contribution in [3.05, 3.63) is 0 Å². The van der Waals surface area contributed by atoms with Gasteiger partial charge in [0.25, 0.3) is 0 Å². The van der Waals surface area contributed by atoms with Crippen molar-refractivity contribution in [2.75, 3.05) is 34.2 Å². The second-order valence-corrected chi connectivity index (χ2v) is 1.91. The number of likely N-dealkylation sites (N-methyl/N-ethyl adjacent to an activating group) is 2. The van der Waals surface area contributed by atoms with Crippen LogP contribution in [0.4, 0.5) is 0 Å². The second-order valence-electron chi connectivity index (χ2n) is 1.91. The SMILES string of the molecule is CNCCN(C)C.[HH]. The lowest BCUT2D eigenvalue weighted by Gasteiger charge is -2.06. The Morgan fingerprint density at radius 3 is 2.29 bits per heavy atom. The van der Waals surface area contributed by atoms with Crippen LogP contribution >= 0.6 is 0 Å². The summed E-state index contributed by atoms with van der Waals surface area (Å²) in [5, 5.41) is 3.06. The highest BCUT2D eigenvalue weighted by molar-refractivity contribution is 4.42. The first-order valence-electron chi connectivity index (χ1n) is 2.56. The van der Waals surface area contributed by atoms with Crippen LogP contribution in [0.1, 0.15) is 1.43 Å². The minimum atomic E-state index is 0. The van der Waals surface area contributed by atoms with Gasteiger partial charge in [-0.15, -0.1) is 0 Å². The predicted molar refractivity (Wildman–Crippen MR) is 34.6 cm³/mol. The van der Waals surface area contributed by atoms with Crippen LogP contribution in [0.25, 0.3) is 0 Å². The van der Waals surface area contributed by atoms with Crippen molar-refractivity contribution >= 4 is 0 Å². The molecule has 1 N–H and O–H groups in total. The summed E-state index contributed by atoms with van der Waals surface area (Å²) >= 11 is 0. The van der Waals surface area contributed by atoms with E-state index in [0.29, 0.717) is 0 Å². The number of nitrogens with zero attached hydrogens (tertiary/aromatic N) is 1. The summed E-state index contributed by atoms with van der Waals surface area (Å²) < 4.78 is 0. The predicted octanol–water partition coefficient (Wildman–Crippen LogP) is 0.0134. The zero-order valence-electron chi connectivity index (χ0n) is 5.36. The van der Waals surface area contributed by atoms with Crippen molar-refractivity contribution < 1.29 is 1.43 Å². The molecule has 0 aliphatic carbocycles. The summed E-state index contributed by atoms with van der Waals surface area (Å²) in [6.45, 7) is 2.20. The van der Waals surface area contributed by atoms with Crippen LogP contribution in [0.15, 0.2) is 0 Å². The van der Waals surface area contributed by atoms with Gasteiger partial charge in [-0.1, -0.05) is 0 Å². The Hall–Kier alpha value is -0.0800. The van der Waals surface area contributed by atoms with E-state index in [1.165, 1.54) is 0 Å². The van der Waals surface area contributed by atoms with Crippen LogP contribution in [-0.2, 0) is 0 Å². The van der Waals surface area contributed by atoms with Crippen molar-refractivity contribution in [1.82, 2.24) is 10.2 Å². The average molecular weight is 104 g/mol. The van der Waals surface area contributed by atoms with Gasteiger partial charge in [0.2, 0.25) is 0 Å². The maximum absolute atomic E-state index is 3.06. The van der Waals surface area contributed by atoms with E-state index in [-0.39, 0.29) is 1.43 Å². The molecule has 0 saturated heterocycles. The van der Waals surface area contributed by atoms with Gasteiger partial charge in [-0.05, 0) is 21.1 Å². The molecular formula is C5H16N2. The molecule has 0 aliphatic rings. The molecule has 0 bridgehead atoms. The molecule has 2 nitrogen and oxygen atoms in total. The molecule has 0 aliphatic heterocycles. The van der Waals surface area contributed by atoms with E-state index >= 15 is 0 Å². The zero-order valence-corrected chi connectivity index (χ0v) is 5.36. The summed E-state index contributed by atoms with van der Waals surface area (Å²) in [5.74, 6) is 0. The van der Waals surface area contributed by atoms with Crippen molar-refractivity contribution in [3.8, 4) is 0 Å². The molecule has 0 aromatic rings. The van der Waals surface area contributed by atoms with Crippen LogP contribution in [0.3, 0.4) is 0 Å². The van der Waals surface area contributed by atoms with E-state index in [2.05, 4.69) is 24.3 Å². The van der Waals surface area contributed by atoms with Gasteiger partial charge in [-0.25, -0.2) is 0 Å². The number of nitrogens with one attached hydrogen (secondary N) is 1. The van der Waals surface area contributed by atoms with E-state index in [0.717, 1.165) is 13.1 Å². The van der Waals surface area contributed by atoms with Crippen molar-refractivity contribution in [1.29, 1.82) is 0 Å². The molecule has 0 saturated carbocycles. The summed E-state index contributed by atoms with van der Waals surface area (Å²) in [5.41, 5.74) is 0. The Kier molecular flexibility index (Phi) is 4.04. The third-order valence-electron chi connectivity index (χ3n) is 0.809. The van der Waals surface area contributed by atoms with Crippen molar-refractivity contribution in [2.24, 2.45) is 0 Å². The molecule has 0 radical (unpaired) electrons. The molecular weight excluding hydrogens is 88.1 g/mol. The first-order valence-corrected chi connectivity index (χ1v) is 2.56. The highest BCUT2D eigenvalue weighted by atomic mass is 15.1. The van der Waals surface area contributed by atoms with Gasteiger partial charge in [-0.2, -0.15) is 0 Å². The molecule has 0 rings (SSSR count). The average Bonchev–Trinajstić information content (AvgIpc) is 1.61. The molecule has 0 fully saturated rings. The Balaban J connectivity index is 0. The summed E-state index contributed by atoms with van der Waals surface area (Å²) in [6, 6.07) is 0. The van der Waals surface area contributed by atoms with Gasteiger partial charge >= 0.3 is 0 Å². The van der Waals surface area contributed by atoms with E-state index < -0.39 is 0 Å². The third kappa shape index (κ3) is 5.92. The Bertz CT molecular complexity index is 39.4. The third-order valence-corrected chi connectivity index (χ3v) is 0.809. The minimum absolute atomic E-state index is 0. The number of hydrogen-bond donors (Lipinski definition) is 1. The van der Waals surface area contributed by atoms with Gasteiger partial charge in [0, 0.05) is 14.5 Å². The number of hydrogen-bond acceptors (Lipinski definition) is 2. The smallest absolute Gasteiger partial charge is 0.0101 e. The fourth-order valence-corrected chi connectivity index (χ4v) is 0.335. The van der Waals surface area contributed by atoms with Crippen LogP contribution in [0.2, 0.25) is 0 Å². The topological polar surface area (TPSA) is 15.3 Å². The van der Waals surface area contributed by atoms with E-state index in [1.807, 2.05) is 7.05 Å². The Labute approximate surface area is 47.0 Å². The van der Waals surface area contributed by atoms with Crippen LogP contribution in [0.5, 0.6) is 0 Å². The highest BCUT2D eigenvalue weighted by Gasteiger charge is 1.82. The van der Waals surface area contributed by atoms with Crippen molar-refractivity contribution in [2.45, 2.75) is 0 Å². The van der Waals surface area contributed by atoms with E-state index in [4.69, 9.17) is 0 Å². The molecule has 0 aromatic heterocycles. The van der Waals surface area contributed by atoms with E-state index in [9.17, 15) is 0 Å². The van der Waals surface area contributed by atoms with Gasteiger partial charge in [0.1, 0.15) is 0 Å². The summed E-state index contributed by atoms with van der Waals surface area (Å²) in [7, 11) is 6.10. The van der Waals surface area contributed by atoms with Gasteiger partial charge in [0.05, 0.1) is 0 Å². The van der Waals surface area contributed by atoms with Gasteiger partial charge in [0.15, 0.2) is 0 Å². The second kappa shape index (κ2) is 4.09. The fraction of sp³-hybridized carbons (Fsp3) is 1.00. The molecule has 7 heavy (non-hydrogen) atoms. The maximum atomic E-state index is 3.06. The molecule has 0 unspecified atom stereocenters. The molecule has 0 amide bonds. The molecule has 0 heterocycles. The molecule has 2 heteroatoms. The first-order chi connectivity index (χ1) is 3.27. The van der Waals surface area contributed by atoms with Crippen molar-refractivity contribution in [3.63, 3.8) is 0 Å². The summed E-state index contributed by atoms with van der Waals surface area (Å²) in [4.78, 5) is 2.15. The van der Waals surface area contributed by atoms with Gasteiger partial charge in [-0.3, -0.25) is 0 Å². The normalized spacial score (nSPS) is 10.3. The molecule has 0 spiro atoms. The molecule has 0 atom stereocenters. The molecule has 46 valence electrons. The first kappa shape index (κ1) is 6.92. The lowest BCUT2D eigenvalue weighted by Crippen LogP contribution is -2.23. The van der Waals surface area contributed by atoms with Crippen LogP contribution in [-0.4, -0.2) is 39.1 Å². The van der Waals surface area contributed by atoms with Gasteiger partial charge < -0.3 is 10.2 Å².